The molecule has 0 aliphatic heterocycles. The molecule has 0 radical (unpaired) electrons. The summed E-state index contributed by atoms with van der Waals surface area (Å²) in [6, 6.07) is 10.6. The summed E-state index contributed by atoms with van der Waals surface area (Å²) < 4.78 is 11.6. The van der Waals surface area contributed by atoms with Crippen molar-refractivity contribution in [2.24, 2.45) is 5.92 Å². The zero-order chi connectivity index (χ0) is 18.4. The Morgan fingerprint density at radius 2 is 1.72 bits per heavy atom. The molecule has 0 aliphatic rings. The Balaban J connectivity index is 2.01. The van der Waals surface area contributed by atoms with Crippen LogP contribution in [0.1, 0.15) is 41.0 Å². The summed E-state index contributed by atoms with van der Waals surface area (Å²) in [4.78, 5) is 23.0. The van der Waals surface area contributed by atoms with E-state index in [1.165, 1.54) is 24.3 Å². The first-order valence-corrected chi connectivity index (χ1v) is 8.64. The van der Waals surface area contributed by atoms with Gasteiger partial charge in [0.1, 0.15) is 11.5 Å². The number of aromatic carboxylic acids is 1. The van der Waals surface area contributed by atoms with E-state index < -0.39 is 11.9 Å². The Hall–Kier alpha value is -2.34. The van der Waals surface area contributed by atoms with Crippen molar-refractivity contribution in [2.45, 2.75) is 20.3 Å². The molecule has 132 valence electrons. The van der Waals surface area contributed by atoms with Crippen molar-refractivity contribution in [3.63, 3.8) is 0 Å². The number of halogens is 1. The molecule has 0 saturated carbocycles. The fourth-order valence-electron chi connectivity index (χ4n) is 1.98. The zero-order valence-electron chi connectivity index (χ0n) is 14.0. The molecular formula is C19H19BrO5. The third kappa shape index (κ3) is 5.60. The quantitative estimate of drug-likeness (QED) is 0.528. The maximum Gasteiger partial charge on any atom is 0.343 e. The molecule has 0 unspecified atom stereocenters. The molecule has 2 rings (SSSR count). The minimum atomic E-state index is -1.03. The molecule has 5 nitrogen and oxygen atoms in total. The minimum Gasteiger partial charge on any atom is -0.492 e. The van der Waals surface area contributed by atoms with Crippen LogP contribution >= 0.6 is 15.9 Å². The summed E-state index contributed by atoms with van der Waals surface area (Å²) in [5.74, 6) is -0.0562. The smallest absolute Gasteiger partial charge is 0.343 e. The van der Waals surface area contributed by atoms with E-state index >= 15 is 0 Å². The fourth-order valence-corrected chi connectivity index (χ4v) is 2.47. The highest BCUT2D eigenvalue weighted by atomic mass is 79.9. The summed E-state index contributed by atoms with van der Waals surface area (Å²) in [5.41, 5.74) is 0.496. The lowest BCUT2D eigenvalue weighted by atomic mass is 10.1. The number of rotatable bonds is 7. The first-order valence-electron chi connectivity index (χ1n) is 7.84. The van der Waals surface area contributed by atoms with E-state index in [0.717, 1.165) is 6.42 Å². The van der Waals surface area contributed by atoms with Gasteiger partial charge in [0, 0.05) is 0 Å². The van der Waals surface area contributed by atoms with Gasteiger partial charge in [-0.25, -0.2) is 9.59 Å². The fraction of sp³-hybridized carbons (Fsp3) is 0.263. The van der Waals surface area contributed by atoms with Crippen LogP contribution in [0.4, 0.5) is 0 Å². The number of hydrogen-bond acceptors (Lipinski definition) is 4. The molecule has 0 fully saturated rings. The molecule has 0 heterocycles. The Bertz CT molecular complexity index is 753. The van der Waals surface area contributed by atoms with Crippen LogP contribution in [-0.4, -0.2) is 23.7 Å². The van der Waals surface area contributed by atoms with Gasteiger partial charge >= 0.3 is 11.9 Å². The lowest BCUT2D eigenvalue weighted by Crippen LogP contribution is -2.09. The van der Waals surface area contributed by atoms with Crippen molar-refractivity contribution in [2.75, 3.05) is 6.61 Å². The molecule has 25 heavy (non-hydrogen) atoms. The molecule has 0 atom stereocenters. The molecule has 0 bridgehead atoms. The zero-order valence-corrected chi connectivity index (χ0v) is 15.6. The van der Waals surface area contributed by atoms with Crippen LogP contribution in [0.2, 0.25) is 0 Å². The second kappa shape index (κ2) is 8.67. The Morgan fingerprint density at radius 3 is 2.28 bits per heavy atom. The molecule has 1 N–H and O–H groups in total. The van der Waals surface area contributed by atoms with Crippen molar-refractivity contribution in [3.05, 3.63) is 58.1 Å². The van der Waals surface area contributed by atoms with Crippen LogP contribution in [0.3, 0.4) is 0 Å². The number of hydrogen-bond donors (Lipinski definition) is 1. The molecule has 0 aromatic heterocycles. The second-order valence-electron chi connectivity index (χ2n) is 5.90. The molecule has 0 saturated heterocycles. The number of ether oxygens (including phenoxy) is 2. The maximum absolute atomic E-state index is 12.2. The van der Waals surface area contributed by atoms with E-state index in [2.05, 4.69) is 29.8 Å². The van der Waals surface area contributed by atoms with Crippen LogP contribution in [-0.2, 0) is 0 Å². The van der Waals surface area contributed by atoms with Gasteiger partial charge in [0.25, 0.3) is 0 Å². The van der Waals surface area contributed by atoms with Gasteiger partial charge in [0.15, 0.2) is 0 Å². The van der Waals surface area contributed by atoms with E-state index in [-0.39, 0.29) is 11.3 Å². The number of benzene rings is 2. The number of carbonyl (C=O) groups excluding carboxylic acids is 1. The van der Waals surface area contributed by atoms with Crippen LogP contribution in [0.25, 0.3) is 0 Å². The Morgan fingerprint density at radius 1 is 1.08 bits per heavy atom. The normalized spacial score (nSPS) is 10.6. The van der Waals surface area contributed by atoms with Crippen molar-refractivity contribution in [1.82, 2.24) is 0 Å². The van der Waals surface area contributed by atoms with Gasteiger partial charge in [-0.1, -0.05) is 13.8 Å². The molecule has 0 amide bonds. The van der Waals surface area contributed by atoms with E-state index in [4.69, 9.17) is 14.6 Å². The predicted octanol–water partition coefficient (Wildman–Crippen LogP) is 4.79. The molecular weight excluding hydrogens is 388 g/mol. The van der Waals surface area contributed by atoms with Gasteiger partial charge < -0.3 is 14.6 Å². The standard InChI is InChI=1S/C19H19BrO5/c1-12(2)9-10-24-17-8-5-14(11-16(17)20)19(23)25-15-6-3-13(4-7-15)18(21)22/h3-8,11-12H,9-10H2,1-2H3,(H,21,22). The van der Waals surface area contributed by atoms with Gasteiger partial charge in [-0.3, -0.25) is 0 Å². The largest absolute Gasteiger partial charge is 0.492 e. The summed E-state index contributed by atoms with van der Waals surface area (Å²) in [7, 11) is 0. The summed E-state index contributed by atoms with van der Waals surface area (Å²) >= 11 is 3.40. The second-order valence-corrected chi connectivity index (χ2v) is 6.75. The van der Waals surface area contributed by atoms with Gasteiger partial charge in [0.05, 0.1) is 22.2 Å². The van der Waals surface area contributed by atoms with Crippen molar-refractivity contribution < 1.29 is 24.2 Å². The molecule has 2 aromatic rings. The topological polar surface area (TPSA) is 72.8 Å². The number of esters is 1. The first-order chi connectivity index (χ1) is 11.9. The maximum atomic E-state index is 12.2. The van der Waals surface area contributed by atoms with Crippen LogP contribution in [0.15, 0.2) is 46.9 Å². The summed E-state index contributed by atoms with van der Waals surface area (Å²) in [6.45, 7) is 4.86. The number of carboxylic acid groups (broad SMARTS) is 1. The SMILES string of the molecule is CC(C)CCOc1ccc(C(=O)Oc2ccc(C(=O)O)cc2)cc1Br. The average molecular weight is 407 g/mol. The number of carboxylic acids is 1. The molecule has 6 heteroatoms. The predicted molar refractivity (Wildman–Crippen MR) is 97.5 cm³/mol. The third-order valence-corrected chi connectivity index (χ3v) is 4.05. The third-order valence-electron chi connectivity index (χ3n) is 3.43. The lowest BCUT2D eigenvalue weighted by Gasteiger charge is -2.11. The van der Waals surface area contributed by atoms with Crippen molar-refractivity contribution in [1.29, 1.82) is 0 Å². The van der Waals surface area contributed by atoms with E-state index in [9.17, 15) is 9.59 Å². The Kier molecular flexibility index (Phi) is 6.58. The van der Waals surface area contributed by atoms with E-state index in [1.807, 2.05) is 0 Å². The highest BCUT2D eigenvalue weighted by Crippen LogP contribution is 2.27. The summed E-state index contributed by atoms with van der Waals surface area (Å²) in [5, 5.41) is 8.86. The number of carbonyl (C=O) groups is 2. The molecule has 2 aromatic carbocycles. The van der Waals surface area contributed by atoms with Crippen LogP contribution in [0, 0.1) is 5.92 Å². The summed E-state index contributed by atoms with van der Waals surface area (Å²) in [6.07, 6.45) is 0.947. The van der Waals surface area contributed by atoms with E-state index in [1.54, 1.807) is 18.2 Å². The minimum absolute atomic E-state index is 0.130. The van der Waals surface area contributed by atoms with Crippen molar-refractivity contribution in [3.8, 4) is 11.5 Å². The average Bonchev–Trinajstić information content (AvgIpc) is 2.56. The van der Waals surface area contributed by atoms with Crippen LogP contribution < -0.4 is 9.47 Å². The van der Waals surface area contributed by atoms with Gasteiger partial charge in [-0.15, -0.1) is 0 Å². The van der Waals surface area contributed by atoms with Crippen LogP contribution in [0.5, 0.6) is 11.5 Å². The highest BCUT2D eigenvalue weighted by Gasteiger charge is 2.12. The van der Waals surface area contributed by atoms with Gasteiger partial charge in [-0.05, 0) is 70.7 Å². The van der Waals surface area contributed by atoms with Gasteiger partial charge in [0.2, 0.25) is 0 Å². The molecule has 0 aliphatic carbocycles. The monoisotopic (exact) mass is 406 g/mol. The first kappa shape index (κ1) is 19.0. The van der Waals surface area contributed by atoms with E-state index in [0.29, 0.717) is 28.3 Å². The van der Waals surface area contributed by atoms with Crippen molar-refractivity contribution >= 4 is 27.9 Å². The van der Waals surface area contributed by atoms with Gasteiger partial charge in [-0.2, -0.15) is 0 Å². The lowest BCUT2D eigenvalue weighted by molar-refractivity contribution is 0.0696. The molecule has 0 spiro atoms. The Labute approximate surface area is 154 Å². The highest BCUT2D eigenvalue weighted by molar-refractivity contribution is 9.10.